The molecule has 1 aromatic rings. The number of carbonyl (C=O) groups excluding carboxylic acids is 1. The Kier molecular flexibility index (Phi) is 8.02. The summed E-state index contributed by atoms with van der Waals surface area (Å²) in [6, 6.07) is 8.51. The van der Waals surface area contributed by atoms with Gasteiger partial charge in [0.05, 0.1) is 30.5 Å². The van der Waals surface area contributed by atoms with E-state index in [0.717, 1.165) is 11.1 Å². The number of aliphatic hydroxyl groups excluding tert-OH is 1. The molecule has 1 aliphatic carbocycles. The lowest BCUT2D eigenvalue weighted by atomic mass is 9.59. The summed E-state index contributed by atoms with van der Waals surface area (Å²) in [5.41, 5.74) is -0.703. The van der Waals surface area contributed by atoms with Crippen LogP contribution in [0.2, 0.25) is 0 Å². The first-order chi connectivity index (χ1) is 15.5. The molecule has 0 unspecified atom stereocenters. The zero-order valence-electron chi connectivity index (χ0n) is 20.4. The Bertz CT molecular complexity index is 836. The van der Waals surface area contributed by atoms with Gasteiger partial charge in [-0.05, 0) is 52.0 Å². The van der Waals surface area contributed by atoms with Crippen molar-refractivity contribution in [3.63, 3.8) is 0 Å². The fraction of sp³-hybridized carbons (Fsp3) is 0.654. The molecule has 3 N–H and O–H groups in total. The van der Waals surface area contributed by atoms with Crippen LogP contribution >= 0.6 is 0 Å². The number of esters is 1. The summed E-state index contributed by atoms with van der Waals surface area (Å²) in [5.74, 6) is -1.11. The molecule has 7 nitrogen and oxygen atoms in total. The van der Waals surface area contributed by atoms with Gasteiger partial charge in [-0.3, -0.25) is 9.69 Å². The van der Waals surface area contributed by atoms with Crippen molar-refractivity contribution in [2.75, 3.05) is 20.8 Å². The Labute approximate surface area is 197 Å². The fourth-order valence-corrected chi connectivity index (χ4v) is 5.92. The normalized spacial score (nSPS) is 35.4. The molecular weight excluding hydrogens is 422 g/mol. The number of likely N-dealkylation sites (tertiary alicyclic amines) is 1. The molecule has 1 aromatic carbocycles. The van der Waals surface area contributed by atoms with Crippen LogP contribution in [-0.4, -0.2) is 82.4 Å². The van der Waals surface area contributed by atoms with Crippen LogP contribution < -0.4 is 0 Å². The first-order valence-corrected chi connectivity index (χ1v) is 11.7. The monoisotopic (exact) mass is 461 g/mol. The first kappa shape index (κ1) is 25.8. The summed E-state index contributed by atoms with van der Waals surface area (Å²) < 4.78 is 10.8. The second-order valence-corrected chi connectivity index (χ2v) is 10.0. The zero-order chi connectivity index (χ0) is 24.4. The number of rotatable bonds is 7. The molecule has 0 aromatic heterocycles. The molecule has 1 saturated carbocycles. The number of ether oxygens (including phenoxy) is 2. The average Bonchev–Trinajstić information content (AvgIpc) is 2.77. The smallest absolute Gasteiger partial charge is 0.323 e. The van der Waals surface area contributed by atoms with Crippen LogP contribution in [0.3, 0.4) is 0 Å². The number of aliphatic hydroxyl groups is 3. The highest BCUT2D eigenvalue weighted by molar-refractivity contribution is 5.76. The summed E-state index contributed by atoms with van der Waals surface area (Å²) in [6.07, 6.45) is 2.09. The SMILES string of the molecule is COC(=O)[C@@H](Cc1ccccc1)N1C[C@@]2(O)CC[C@@H](O)[C@@H](OC)[C@@H]2[C@@](C)(O)[C@@H]1CC=C(C)C. The van der Waals surface area contributed by atoms with Crippen LogP contribution in [0.15, 0.2) is 42.0 Å². The lowest BCUT2D eigenvalue weighted by Crippen LogP contribution is -2.77. The first-order valence-electron chi connectivity index (χ1n) is 11.7. The quantitative estimate of drug-likeness (QED) is 0.422. The van der Waals surface area contributed by atoms with E-state index in [-0.39, 0.29) is 6.54 Å². The van der Waals surface area contributed by atoms with E-state index >= 15 is 0 Å². The molecule has 3 rings (SSSR count). The van der Waals surface area contributed by atoms with Crippen LogP contribution in [0, 0.1) is 5.92 Å². The van der Waals surface area contributed by atoms with Crippen molar-refractivity contribution in [3.8, 4) is 0 Å². The molecule has 33 heavy (non-hydrogen) atoms. The van der Waals surface area contributed by atoms with E-state index in [1.165, 1.54) is 14.2 Å². The van der Waals surface area contributed by atoms with Gasteiger partial charge in [0.2, 0.25) is 0 Å². The van der Waals surface area contributed by atoms with Gasteiger partial charge < -0.3 is 24.8 Å². The van der Waals surface area contributed by atoms with Crippen LogP contribution in [0.25, 0.3) is 0 Å². The minimum atomic E-state index is -1.44. The summed E-state index contributed by atoms with van der Waals surface area (Å²) >= 11 is 0. The lowest BCUT2D eigenvalue weighted by molar-refractivity contribution is -0.269. The van der Waals surface area contributed by atoms with Crippen molar-refractivity contribution in [2.24, 2.45) is 5.92 Å². The molecule has 1 heterocycles. The highest BCUT2D eigenvalue weighted by Gasteiger charge is 2.64. The van der Waals surface area contributed by atoms with E-state index in [1.54, 1.807) is 6.92 Å². The third-order valence-electron chi connectivity index (χ3n) is 7.49. The average molecular weight is 462 g/mol. The third kappa shape index (κ3) is 5.17. The number of carbonyl (C=O) groups is 1. The fourth-order valence-electron chi connectivity index (χ4n) is 5.92. The number of piperidine rings is 1. The topological polar surface area (TPSA) is 99.5 Å². The van der Waals surface area contributed by atoms with E-state index in [2.05, 4.69) is 0 Å². The maximum Gasteiger partial charge on any atom is 0.323 e. The second kappa shape index (κ2) is 10.2. The predicted molar refractivity (Wildman–Crippen MR) is 126 cm³/mol. The van der Waals surface area contributed by atoms with E-state index in [4.69, 9.17) is 9.47 Å². The molecule has 1 aliphatic heterocycles. The number of allylic oxidation sites excluding steroid dienone is 1. The Morgan fingerprint density at radius 2 is 1.91 bits per heavy atom. The van der Waals surface area contributed by atoms with Crippen LogP contribution in [0.4, 0.5) is 0 Å². The Hall–Kier alpha value is -1.77. The molecule has 2 aliphatic rings. The van der Waals surface area contributed by atoms with Crippen molar-refractivity contribution in [3.05, 3.63) is 47.5 Å². The van der Waals surface area contributed by atoms with E-state index in [9.17, 15) is 20.1 Å². The number of hydrogen-bond acceptors (Lipinski definition) is 7. The summed E-state index contributed by atoms with van der Waals surface area (Å²) in [5, 5.41) is 34.4. The number of fused-ring (bicyclic) bond motifs is 1. The maximum absolute atomic E-state index is 13.0. The van der Waals surface area contributed by atoms with Gasteiger partial charge in [-0.15, -0.1) is 0 Å². The molecule has 0 spiro atoms. The van der Waals surface area contributed by atoms with Gasteiger partial charge in [-0.25, -0.2) is 0 Å². The predicted octanol–water partition coefficient (Wildman–Crippen LogP) is 2.08. The van der Waals surface area contributed by atoms with Gasteiger partial charge in [0.25, 0.3) is 0 Å². The number of hydrogen-bond donors (Lipinski definition) is 3. The van der Waals surface area contributed by atoms with Gasteiger partial charge >= 0.3 is 5.97 Å². The summed E-state index contributed by atoms with van der Waals surface area (Å²) in [7, 11) is 2.86. The van der Waals surface area contributed by atoms with Crippen LogP contribution in [0.5, 0.6) is 0 Å². The van der Waals surface area contributed by atoms with E-state index < -0.39 is 47.4 Å². The molecule has 2 fully saturated rings. The second-order valence-electron chi connectivity index (χ2n) is 10.0. The number of nitrogens with zero attached hydrogens (tertiary/aromatic N) is 1. The molecule has 7 atom stereocenters. The summed E-state index contributed by atoms with van der Waals surface area (Å²) in [6.45, 7) is 5.85. The Morgan fingerprint density at radius 1 is 1.24 bits per heavy atom. The standard InChI is InChI=1S/C26H39NO6/c1-17(2)11-12-21-25(3,30)23-22(32-4)20(28)13-14-26(23,31)16-27(21)19(24(29)33-5)15-18-9-7-6-8-10-18/h6-11,19-23,28,30-31H,12-16H2,1-5H3/t19-,20-,21+,22-,23-,25+,26+/m1/s1. The van der Waals surface area contributed by atoms with Gasteiger partial charge in [-0.2, -0.15) is 0 Å². The molecule has 0 bridgehead atoms. The minimum Gasteiger partial charge on any atom is -0.468 e. The third-order valence-corrected chi connectivity index (χ3v) is 7.49. The van der Waals surface area contributed by atoms with E-state index in [0.29, 0.717) is 25.7 Å². The lowest BCUT2D eigenvalue weighted by Gasteiger charge is -2.61. The van der Waals surface area contributed by atoms with Crippen LogP contribution in [-0.2, 0) is 20.7 Å². The van der Waals surface area contributed by atoms with Gasteiger partial charge in [0.15, 0.2) is 0 Å². The highest BCUT2D eigenvalue weighted by Crippen LogP contribution is 2.49. The maximum atomic E-state index is 13.0. The van der Waals surface area contributed by atoms with E-state index in [1.807, 2.05) is 55.2 Å². The Morgan fingerprint density at radius 3 is 2.48 bits per heavy atom. The molecule has 1 saturated heterocycles. The Balaban J connectivity index is 2.09. The van der Waals surface area contributed by atoms with Gasteiger partial charge in [0, 0.05) is 25.6 Å². The number of benzene rings is 1. The van der Waals surface area contributed by atoms with Crippen LogP contribution in [0.1, 0.15) is 45.6 Å². The largest absolute Gasteiger partial charge is 0.468 e. The number of methoxy groups -OCH3 is 2. The van der Waals surface area contributed by atoms with Crippen molar-refractivity contribution in [2.45, 2.75) is 81.9 Å². The minimum absolute atomic E-state index is 0.175. The van der Waals surface area contributed by atoms with Crippen molar-refractivity contribution >= 4 is 5.97 Å². The molecular formula is C26H39NO6. The van der Waals surface area contributed by atoms with Gasteiger partial charge in [-0.1, -0.05) is 42.0 Å². The highest BCUT2D eigenvalue weighted by atomic mass is 16.5. The molecule has 7 heteroatoms. The molecule has 0 radical (unpaired) electrons. The number of β-amino-alcohol motifs (C(OH)–C–C–N with tert-alkyl or cyclic N) is 1. The zero-order valence-corrected chi connectivity index (χ0v) is 20.4. The van der Waals surface area contributed by atoms with Crippen molar-refractivity contribution in [1.29, 1.82) is 0 Å². The van der Waals surface area contributed by atoms with Crippen molar-refractivity contribution in [1.82, 2.24) is 4.90 Å². The summed E-state index contributed by atoms with van der Waals surface area (Å²) in [4.78, 5) is 15.0. The molecule has 184 valence electrons. The molecule has 0 amide bonds. The van der Waals surface area contributed by atoms with Crippen molar-refractivity contribution < 1.29 is 29.6 Å². The van der Waals surface area contributed by atoms with Gasteiger partial charge in [0.1, 0.15) is 6.04 Å².